The summed E-state index contributed by atoms with van der Waals surface area (Å²) >= 11 is 0. The van der Waals surface area contributed by atoms with Crippen molar-refractivity contribution in [3.05, 3.63) is 0 Å². The lowest BCUT2D eigenvalue weighted by Gasteiger charge is -2.16. The fourth-order valence-electron chi connectivity index (χ4n) is 2.56. The van der Waals surface area contributed by atoms with Gasteiger partial charge in [0, 0.05) is 19.1 Å². The molecule has 1 rings (SSSR count). The van der Waals surface area contributed by atoms with E-state index in [4.69, 9.17) is 0 Å². The molecule has 0 aliphatic heterocycles. The summed E-state index contributed by atoms with van der Waals surface area (Å²) in [5, 5.41) is 2.79. The maximum Gasteiger partial charge on any atom is 0.215 e. The van der Waals surface area contributed by atoms with E-state index in [1.807, 2.05) is 13.8 Å². The van der Waals surface area contributed by atoms with Crippen LogP contribution >= 0.6 is 0 Å². The van der Waals surface area contributed by atoms with Gasteiger partial charge in [0.15, 0.2) is 0 Å². The molecule has 1 unspecified atom stereocenters. The summed E-state index contributed by atoms with van der Waals surface area (Å²) in [4.78, 5) is 0. The highest BCUT2D eigenvalue weighted by Crippen LogP contribution is 2.28. The van der Waals surface area contributed by atoms with Crippen molar-refractivity contribution in [2.24, 2.45) is 5.92 Å². The Bertz CT molecular complexity index is 335. The van der Waals surface area contributed by atoms with E-state index in [-0.39, 0.29) is 5.25 Å². The molecule has 0 aromatic heterocycles. The normalized spacial score (nSPS) is 19.2. The Balaban J connectivity index is 2.18. The van der Waals surface area contributed by atoms with E-state index < -0.39 is 10.0 Å². The number of nitrogens with one attached hydrogen (secondary N) is 2. The third-order valence-corrected chi connectivity index (χ3v) is 5.74. The summed E-state index contributed by atoms with van der Waals surface area (Å²) < 4.78 is 26.7. The summed E-state index contributed by atoms with van der Waals surface area (Å²) in [6.45, 7) is 6.90. The predicted molar refractivity (Wildman–Crippen MR) is 80.7 cm³/mol. The van der Waals surface area contributed by atoms with Gasteiger partial charge in [-0.3, -0.25) is 0 Å². The first-order valence-corrected chi connectivity index (χ1v) is 9.18. The Labute approximate surface area is 118 Å². The Kier molecular flexibility index (Phi) is 7.32. The molecule has 0 aromatic carbocycles. The Hall–Kier alpha value is -0.130. The Morgan fingerprint density at radius 2 is 1.79 bits per heavy atom. The summed E-state index contributed by atoms with van der Waals surface area (Å²) in [7, 11) is -3.16. The van der Waals surface area contributed by atoms with Gasteiger partial charge in [-0.15, -0.1) is 0 Å². The summed E-state index contributed by atoms with van der Waals surface area (Å²) in [6.07, 6.45) is 7.51. The van der Waals surface area contributed by atoms with Gasteiger partial charge in [-0.2, -0.15) is 0 Å². The van der Waals surface area contributed by atoms with Gasteiger partial charge in [0.05, 0.1) is 5.25 Å². The van der Waals surface area contributed by atoms with Crippen LogP contribution in [-0.2, 0) is 10.0 Å². The lowest BCUT2D eigenvalue weighted by atomic mass is 10.0. The first-order chi connectivity index (χ1) is 8.92. The van der Waals surface area contributed by atoms with Crippen LogP contribution in [0.4, 0.5) is 0 Å². The fraction of sp³-hybridized carbons (Fsp3) is 1.00. The van der Waals surface area contributed by atoms with E-state index in [0.717, 1.165) is 12.3 Å². The highest BCUT2D eigenvalue weighted by molar-refractivity contribution is 7.90. The van der Waals surface area contributed by atoms with Crippen molar-refractivity contribution < 1.29 is 8.42 Å². The van der Waals surface area contributed by atoms with Gasteiger partial charge in [-0.05, 0) is 25.7 Å². The average Bonchev–Trinajstić information content (AvgIpc) is 2.84. The smallest absolute Gasteiger partial charge is 0.215 e. The number of hydrogen-bond donors (Lipinski definition) is 2. The minimum Gasteiger partial charge on any atom is -0.313 e. The predicted octanol–water partition coefficient (Wildman–Crippen LogP) is 2.26. The molecule has 0 heterocycles. The van der Waals surface area contributed by atoms with E-state index in [1.165, 1.54) is 32.1 Å². The van der Waals surface area contributed by atoms with Crippen LogP contribution in [0.15, 0.2) is 0 Å². The number of rotatable bonds is 9. The van der Waals surface area contributed by atoms with Crippen molar-refractivity contribution in [2.75, 3.05) is 13.1 Å². The molecule has 0 aromatic rings. The van der Waals surface area contributed by atoms with E-state index in [1.54, 1.807) is 6.92 Å². The second-order valence-corrected chi connectivity index (χ2v) is 8.29. The SMILES string of the molecule is CC(C)NCC(C)S(=O)(=O)NCCCC1CCCC1. The molecule has 0 bridgehead atoms. The van der Waals surface area contributed by atoms with Crippen molar-refractivity contribution in [1.29, 1.82) is 0 Å². The third kappa shape index (κ3) is 6.72. The quantitative estimate of drug-likeness (QED) is 0.640. The van der Waals surface area contributed by atoms with E-state index in [2.05, 4.69) is 10.0 Å². The maximum absolute atomic E-state index is 12.0. The molecule has 2 N–H and O–H groups in total. The van der Waals surface area contributed by atoms with Crippen molar-refractivity contribution in [2.45, 2.75) is 70.6 Å². The van der Waals surface area contributed by atoms with Crippen molar-refractivity contribution in [3.8, 4) is 0 Å². The van der Waals surface area contributed by atoms with Crippen molar-refractivity contribution in [3.63, 3.8) is 0 Å². The van der Waals surface area contributed by atoms with Gasteiger partial charge in [0.1, 0.15) is 0 Å². The zero-order valence-electron chi connectivity index (χ0n) is 12.6. The van der Waals surface area contributed by atoms with E-state index in [0.29, 0.717) is 19.1 Å². The zero-order chi connectivity index (χ0) is 14.3. The summed E-state index contributed by atoms with van der Waals surface area (Å²) in [6, 6.07) is 0.319. The summed E-state index contributed by atoms with van der Waals surface area (Å²) in [5.41, 5.74) is 0. The van der Waals surface area contributed by atoms with Crippen LogP contribution in [0.5, 0.6) is 0 Å². The average molecular weight is 290 g/mol. The van der Waals surface area contributed by atoms with Gasteiger partial charge in [0.2, 0.25) is 10.0 Å². The van der Waals surface area contributed by atoms with Crippen LogP contribution < -0.4 is 10.0 Å². The minimum absolute atomic E-state index is 0.319. The fourth-order valence-corrected chi connectivity index (χ4v) is 3.59. The number of sulfonamides is 1. The monoisotopic (exact) mass is 290 g/mol. The molecule has 0 amide bonds. The molecule has 19 heavy (non-hydrogen) atoms. The minimum atomic E-state index is -3.16. The standard InChI is InChI=1S/C14H30N2O2S/c1-12(2)15-11-13(3)19(17,18)16-10-6-9-14-7-4-5-8-14/h12-16H,4-11H2,1-3H3. The zero-order valence-corrected chi connectivity index (χ0v) is 13.4. The lowest BCUT2D eigenvalue weighted by molar-refractivity contribution is 0.478. The van der Waals surface area contributed by atoms with Crippen molar-refractivity contribution in [1.82, 2.24) is 10.0 Å². The molecule has 0 spiro atoms. The molecule has 0 saturated heterocycles. The van der Waals surface area contributed by atoms with Gasteiger partial charge in [0.25, 0.3) is 0 Å². The molecular weight excluding hydrogens is 260 g/mol. The van der Waals surface area contributed by atoms with Gasteiger partial charge < -0.3 is 5.32 Å². The Morgan fingerprint density at radius 1 is 1.16 bits per heavy atom. The first-order valence-electron chi connectivity index (χ1n) is 7.63. The third-order valence-electron chi connectivity index (χ3n) is 3.91. The highest BCUT2D eigenvalue weighted by Gasteiger charge is 2.20. The number of hydrogen-bond acceptors (Lipinski definition) is 3. The molecule has 1 atom stereocenters. The lowest BCUT2D eigenvalue weighted by Crippen LogP contribution is -2.41. The van der Waals surface area contributed by atoms with Crippen molar-refractivity contribution >= 4 is 10.0 Å². The van der Waals surface area contributed by atoms with Crippen LogP contribution in [0.3, 0.4) is 0 Å². The molecule has 1 saturated carbocycles. The highest BCUT2D eigenvalue weighted by atomic mass is 32.2. The van der Waals surface area contributed by atoms with Gasteiger partial charge in [-0.1, -0.05) is 39.5 Å². The molecule has 1 fully saturated rings. The molecule has 1 aliphatic carbocycles. The Morgan fingerprint density at radius 3 is 2.37 bits per heavy atom. The van der Waals surface area contributed by atoms with Crippen LogP contribution in [-0.4, -0.2) is 32.8 Å². The molecule has 0 radical (unpaired) electrons. The van der Waals surface area contributed by atoms with Crippen LogP contribution in [0.2, 0.25) is 0 Å². The van der Waals surface area contributed by atoms with E-state index >= 15 is 0 Å². The largest absolute Gasteiger partial charge is 0.313 e. The topological polar surface area (TPSA) is 58.2 Å². The molecule has 4 nitrogen and oxygen atoms in total. The van der Waals surface area contributed by atoms with Gasteiger partial charge in [-0.25, -0.2) is 13.1 Å². The molecule has 5 heteroatoms. The summed E-state index contributed by atoms with van der Waals surface area (Å²) in [5.74, 6) is 0.838. The van der Waals surface area contributed by atoms with Crippen LogP contribution in [0.25, 0.3) is 0 Å². The second-order valence-electron chi connectivity index (χ2n) is 6.11. The van der Waals surface area contributed by atoms with E-state index in [9.17, 15) is 8.42 Å². The molecule has 1 aliphatic rings. The maximum atomic E-state index is 12.0. The van der Waals surface area contributed by atoms with Crippen LogP contribution in [0, 0.1) is 5.92 Å². The van der Waals surface area contributed by atoms with Crippen LogP contribution in [0.1, 0.15) is 59.3 Å². The van der Waals surface area contributed by atoms with Gasteiger partial charge >= 0.3 is 0 Å². The molecule has 114 valence electrons. The second kappa shape index (κ2) is 8.22. The molecular formula is C14H30N2O2S. The first kappa shape index (κ1) is 16.9.